The van der Waals surface area contributed by atoms with Crippen LogP contribution in [-0.4, -0.2) is 11.2 Å². The predicted octanol–water partition coefficient (Wildman–Crippen LogP) is 1.74. The van der Waals surface area contributed by atoms with Gasteiger partial charge in [-0.3, -0.25) is 0 Å². The molecule has 0 saturated heterocycles. The largest absolute Gasteiger partial charge is 0.379 e. The normalized spacial score (nSPS) is 12.6. The maximum atomic E-state index is 9.29. The van der Waals surface area contributed by atoms with Gasteiger partial charge in [-0.05, 0) is 19.1 Å². The highest BCUT2D eigenvalue weighted by molar-refractivity contribution is 5.08. The van der Waals surface area contributed by atoms with Crippen LogP contribution in [0.2, 0.25) is 0 Å². The van der Waals surface area contributed by atoms with Gasteiger partial charge < -0.3 is 5.11 Å². The van der Waals surface area contributed by atoms with E-state index < -0.39 is 6.10 Å². The lowest BCUT2D eigenvalue weighted by atomic mass is 9.87. The highest BCUT2D eigenvalue weighted by Gasteiger charge is 2.22. The summed E-state index contributed by atoms with van der Waals surface area (Å²) in [5.74, 6) is 2.28. The summed E-state index contributed by atoms with van der Waals surface area (Å²) in [6.45, 7) is 5.61. The number of hydrogen-bond acceptors (Lipinski definition) is 1. The molecule has 60 valence electrons. The first kappa shape index (κ1) is 10.0. The molecule has 1 nitrogen and oxygen atoms in total. The van der Waals surface area contributed by atoms with Crippen LogP contribution in [0.1, 0.15) is 20.8 Å². The zero-order valence-electron chi connectivity index (χ0n) is 7.26. The Labute approximate surface area is 68.4 Å². The molecule has 0 aromatic heterocycles. The standard InChI is InChI=1S/C10H14O/c1-5-7-8-10(3,4)9(11)6-2/h2,5,8-9,11H,1,3-4H3. The summed E-state index contributed by atoms with van der Waals surface area (Å²) in [5.41, 5.74) is 2.51. The van der Waals surface area contributed by atoms with Gasteiger partial charge in [0, 0.05) is 5.41 Å². The van der Waals surface area contributed by atoms with E-state index >= 15 is 0 Å². The fourth-order valence-electron chi connectivity index (χ4n) is 0.592. The third-order valence-electron chi connectivity index (χ3n) is 1.48. The molecule has 0 saturated carbocycles. The Balaban J connectivity index is 4.48. The van der Waals surface area contributed by atoms with Gasteiger partial charge in [-0.15, -0.1) is 12.2 Å². The molecule has 0 fully saturated rings. The van der Waals surface area contributed by atoms with Gasteiger partial charge in [0.15, 0.2) is 0 Å². The van der Waals surface area contributed by atoms with E-state index in [1.165, 1.54) is 0 Å². The Bertz CT molecular complexity index is 212. The molecule has 0 heterocycles. The first-order chi connectivity index (χ1) is 5.04. The number of rotatable bonds is 2. The Morgan fingerprint density at radius 2 is 2.09 bits per heavy atom. The van der Waals surface area contributed by atoms with Crippen molar-refractivity contribution < 1.29 is 5.11 Å². The van der Waals surface area contributed by atoms with E-state index in [0.717, 1.165) is 0 Å². The number of hydrogen-bond donors (Lipinski definition) is 1. The van der Waals surface area contributed by atoms with Crippen LogP contribution in [-0.2, 0) is 0 Å². The molecule has 0 bridgehead atoms. The fraction of sp³-hybridized carbons (Fsp3) is 0.500. The third kappa shape index (κ3) is 3.09. The Hall–Kier alpha value is -0.960. The molecule has 0 aliphatic carbocycles. The second-order valence-corrected chi connectivity index (χ2v) is 2.99. The van der Waals surface area contributed by atoms with Crippen LogP contribution < -0.4 is 0 Å². The molecule has 0 spiro atoms. The van der Waals surface area contributed by atoms with Crippen molar-refractivity contribution in [2.75, 3.05) is 0 Å². The first-order valence-corrected chi connectivity index (χ1v) is 3.57. The van der Waals surface area contributed by atoms with E-state index in [9.17, 15) is 5.11 Å². The van der Waals surface area contributed by atoms with Gasteiger partial charge >= 0.3 is 0 Å². The monoisotopic (exact) mass is 150 g/mol. The lowest BCUT2D eigenvalue weighted by Gasteiger charge is -2.21. The van der Waals surface area contributed by atoms with E-state index in [-0.39, 0.29) is 5.41 Å². The summed E-state index contributed by atoms with van der Waals surface area (Å²) >= 11 is 0. The van der Waals surface area contributed by atoms with E-state index in [1.54, 1.807) is 12.2 Å². The highest BCUT2D eigenvalue weighted by Crippen LogP contribution is 2.21. The van der Waals surface area contributed by atoms with E-state index in [4.69, 9.17) is 6.42 Å². The molecule has 0 rings (SSSR count). The average Bonchev–Trinajstić information content (AvgIpc) is 1.99. The smallest absolute Gasteiger partial charge is 0.123 e. The topological polar surface area (TPSA) is 20.2 Å². The minimum Gasteiger partial charge on any atom is -0.379 e. The van der Waals surface area contributed by atoms with Gasteiger partial charge in [0.05, 0.1) is 0 Å². The molecule has 1 atom stereocenters. The molecule has 0 aliphatic heterocycles. The van der Waals surface area contributed by atoms with Crippen molar-refractivity contribution in [1.82, 2.24) is 0 Å². The Morgan fingerprint density at radius 1 is 1.55 bits per heavy atom. The maximum absolute atomic E-state index is 9.29. The summed E-state index contributed by atoms with van der Waals surface area (Å²) in [6, 6.07) is 0. The number of aliphatic hydroxyl groups is 1. The van der Waals surface area contributed by atoms with E-state index in [1.807, 2.05) is 20.8 Å². The maximum Gasteiger partial charge on any atom is 0.123 e. The number of aliphatic hydroxyl groups excluding tert-OH is 1. The minimum absolute atomic E-state index is 0.388. The summed E-state index contributed by atoms with van der Waals surface area (Å²) in [5, 5.41) is 9.29. The van der Waals surface area contributed by atoms with Gasteiger partial charge in [-0.2, -0.15) is 0 Å². The lowest BCUT2D eigenvalue weighted by Crippen LogP contribution is -2.25. The van der Waals surface area contributed by atoms with Crippen molar-refractivity contribution in [2.24, 2.45) is 5.41 Å². The zero-order chi connectivity index (χ0) is 8.91. The van der Waals surface area contributed by atoms with Crippen molar-refractivity contribution in [3.05, 3.63) is 17.9 Å². The molecular formula is C10H14O. The van der Waals surface area contributed by atoms with Crippen LogP contribution in [0, 0.1) is 17.8 Å². The van der Waals surface area contributed by atoms with E-state index in [0.29, 0.717) is 0 Å². The molecule has 1 unspecified atom stereocenters. The van der Waals surface area contributed by atoms with Crippen molar-refractivity contribution in [3.63, 3.8) is 0 Å². The summed E-state index contributed by atoms with van der Waals surface area (Å²) in [7, 11) is 0. The van der Waals surface area contributed by atoms with Crippen LogP contribution in [0.5, 0.6) is 0 Å². The quantitative estimate of drug-likeness (QED) is 0.469. The van der Waals surface area contributed by atoms with Gasteiger partial charge in [0.25, 0.3) is 0 Å². The third-order valence-corrected chi connectivity index (χ3v) is 1.48. The Morgan fingerprint density at radius 3 is 2.45 bits per heavy atom. The van der Waals surface area contributed by atoms with Crippen LogP contribution in [0.3, 0.4) is 0 Å². The molecule has 1 N–H and O–H groups in total. The van der Waals surface area contributed by atoms with Crippen molar-refractivity contribution >= 4 is 0 Å². The predicted molar refractivity (Wildman–Crippen MR) is 46.9 cm³/mol. The second-order valence-electron chi connectivity index (χ2n) is 2.99. The van der Waals surface area contributed by atoms with Crippen molar-refractivity contribution in [1.29, 1.82) is 0 Å². The lowest BCUT2D eigenvalue weighted by molar-refractivity contribution is 0.135. The number of terminal acetylenes is 1. The van der Waals surface area contributed by atoms with Crippen LogP contribution >= 0.6 is 0 Å². The average molecular weight is 150 g/mol. The van der Waals surface area contributed by atoms with Crippen LogP contribution in [0.15, 0.2) is 17.9 Å². The van der Waals surface area contributed by atoms with Gasteiger partial charge in [-0.1, -0.05) is 19.8 Å². The molecular weight excluding hydrogens is 136 g/mol. The molecule has 11 heavy (non-hydrogen) atoms. The minimum atomic E-state index is -0.741. The molecule has 0 aromatic carbocycles. The van der Waals surface area contributed by atoms with Gasteiger partial charge in [0.1, 0.15) is 6.10 Å². The van der Waals surface area contributed by atoms with Crippen LogP contribution in [0.25, 0.3) is 0 Å². The first-order valence-electron chi connectivity index (χ1n) is 3.57. The van der Waals surface area contributed by atoms with Gasteiger partial charge in [-0.25, -0.2) is 0 Å². The summed E-state index contributed by atoms with van der Waals surface area (Å²) in [6.07, 6.45) is 7.89. The SMILES string of the molecule is C#CC(O)C(C)(C)C=C=CC. The van der Waals surface area contributed by atoms with Crippen LogP contribution in [0.4, 0.5) is 0 Å². The molecule has 0 amide bonds. The van der Waals surface area contributed by atoms with Gasteiger partial charge in [0.2, 0.25) is 0 Å². The highest BCUT2D eigenvalue weighted by atomic mass is 16.3. The summed E-state index contributed by atoms with van der Waals surface area (Å²) in [4.78, 5) is 0. The van der Waals surface area contributed by atoms with Crippen molar-refractivity contribution in [3.8, 4) is 12.3 Å². The molecule has 1 heteroatoms. The van der Waals surface area contributed by atoms with Crippen molar-refractivity contribution in [2.45, 2.75) is 26.9 Å². The second kappa shape index (κ2) is 4.03. The molecule has 0 aromatic rings. The van der Waals surface area contributed by atoms with E-state index in [2.05, 4.69) is 11.7 Å². The summed E-state index contributed by atoms with van der Waals surface area (Å²) < 4.78 is 0. The molecule has 0 radical (unpaired) electrons. The molecule has 0 aliphatic rings. The Kier molecular flexibility index (Phi) is 3.68. The fourth-order valence-corrected chi connectivity index (χ4v) is 0.592. The zero-order valence-corrected chi connectivity index (χ0v) is 7.26.